The molecule has 1 aromatic heterocycles. The van der Waals surface area contributed by atoms with Crippen LogP contribution in [0.3, 0.4) is 0 Å². The van der Waals surface area contributed by atoms with Crippen LogP contribution >= 0.6 is 0 Å². The first kappa shape index (κ1) is 22.1. The van der Waals surface area contributed by atoms with Gasteiger partial charge in [0.2, 0.25) is 0 Å². The summed E-state index contributed by atoms with van der Waals surface area (Å²) in [5, 5.41) is 9.56. The molecule has 1 heterocycles. The lowest BCUT2D eigenvalue weighted by molar-refractivity contribution is -0.142. The highest BCUT2D eigenvalue weighted by atomic mass is 16.4. The maximum Gasteiger partial charge on any atom is 0.306 e. The molecule has 2 aromatic rings. The number of nitrogens with zero attached hydrogens (tertiary/aromatic N) is 2. The van der Waals surface area contributed by atoms with Crippen molar-refractivity contribution in [3.05, 3.63) is 47.8 Å². The molecule has 0 aliphatic carbocycles. The fourth-order valence-electron chi connectivity index (χ4n) is 3.48. The van der Waals surface area contributed by atoms with Crippen LogP contribution in [0.1, 0.15) is 76.3 Å². The van der Waals surface area contributed by atoms with Gasteiger partial charge in [0, 0.05) is 18.0 Å². The molecular formula is C24H34N2O2. The van der Waals surface area contributed by atoms with Gasteiger partial charge in [0.25, 0.3) is 0 Å². The van der Waals surface area contributed by atoms with E-state index in [0.29, 0.717) is 12.2 Å². The lowest BCUT2D eigenvalue weighted by Gasteiger charge is -2.13. The number of carboxylic acids is 1. The highest BCUT2D eigenvalue weighted by molar-refractivity contribution is 5.70. The number of hydrogen-bond acceptors (Lipinski definition) is 3. The Morgan fingerprint density at radius 2 is 1.54 bits per heavy atom. The summed E-state index contributed by atoms with van der Waals surface area (Å²) in [6.45, 7) is 4.35. The molecule has 0 amide bonds. The third-order valence-electron chi connectivity index (χ3n) is 5.19. The second kappa shape index (κ2) is 12.3. The summed E-state index contributed by atoms with van der Waals surface area (Å²) >= 11 is 0. The van der Waals surface area contributed by atoms with Gasteiger partial charge in [-0.25, -0.2) is 9.97 Å². The van der Waals surface area contributed by atoms with Crippen molar-refractivity contribution in [1.29, 1.82) is 0 Å². The minimum absolute atomic E-state index is 0.304. The van der Waals surface area contributed by atoms with Gasteiger partial charge in [-0.1, -0.05) is 83.1 Å². The number of hydrogen-bond donors (Lipinski definition) is 1. The second-order valence-corrected chi connectivity index (χ2v) is 7.66. The Morgan fingerprint density at radius 1 is 0.893 bits per heavy atom. The SMILES string of the molecule is CCCCCCCCC(Cc1ccc(-c2ncc(CCC)cn2)cc1)C(=O)O. The quantitative estimate of drug-likeness (QED) is 0.426. The van der Waals surface area contributed by atoms with Crippen molar-refractivity contribution >= 4 is 5.97 Å². The minimum atomic E-state index is -0.688. The van der Waals surface area contributed by atoms with Crippen LogP contribution in [0.4, 0.5) is 0 Å². The molecule has 1 N–H and O–H groups in total. The van der Waals surface area contributed by atoms with E-state index in [4.69, 9.17) is 0 Å². The number of rotatable bonds is 13. The smallest absolute Gasteiger partial charge is 0.306 e. The van der Waals surface area contributed by atoms with E-state index in [-0.39, 0.29) is 5.92 Å². The van der Waals surface area contributed by atoms with E-state index in [9.17, 15) is 9.90 Å². The van der Waals surface area contributed by atoms with Gasteiger partial charge in [0.15, 0.2) is 5.82 Å². The summed E-state index contributed by atoms with van der Waals surface area (Å²) in [5.74, 6) is -0.276. The van der Waals surface area contributed by atoms with Crippen LogP contribution in [-0.4, -0.2) is 21.0 Å². The van der Waals surface area contributed by atoms with Crippen LogP contribution < -0.4 is 0 Å². The van der Waals surface area contributed by atoms with Gasteiger partial charge < -0.3 is 5.11 Å². The molecule has 4 heteroatoms. The Labute approximate surface area is 169 Å². The molecule has 1 aromatic carbocycles. The number of aliphatic carboxylic acids is 1. The zero-order chi connectivity index (χ0) is 20.2. The normalized spacial score (nSPS) is 12.1. The molecule has 1 unspecified atom stereocenters. The summed E-state index contributed by atoms with van der Waals surface area (Å²) in [5.41, 5.74) is 3.18. The number of aryl methyl sites for hydroxylation is 1. The Hall–Kier alpha value is -2.23. The number of carbonyl (C=O) groups is 1. The van der Waals surface area contributed by atoms with Crippen molar-refractivity contribution in [2.45, 2.75) is 78.1 Å². The molecule has 0 saturated carbocycles. The summed E-state index contributed by atoms with van der Waals surface area (Å²) < 4.78 is 0. The highest BCUT2D eigenvalue weighted by Gasteiger charge is 2.17. The van der Waals surface area contributed by atoms with Crippen molar-refractivity contribution < 1.29 is 9.90 Å². The zero-order valence-corrected chi connectivity index (χ0v) is 17.4. The van der Waals surface area contributed by atoms with Crippen LogP contribution in [0.5, 0.6) is 0 Å². The predicted octanol–water partition coefficient (Wildman–Crippen LogP) is 6.09. The highest BCUT2D eigenvalue weighted by Crippen LogP contribution is 2.20. The first-order valence-corrected chi connectivity index (χ1v) is 10.8. The van der Waals surface area contributed by atoms with Crippen molar-refractivity contribution in [2.75, 3.05) is 0 Å². The van der Waals surface area contributed by atoms with Gasteiger partial charge in [-0.15, -0.1) is 0 Å². The summed E-state index contributed by atoms with van der Waals surface area (Å²) in [7, 11) is 0. The van der Waals surface area contributed by atoms with E-state index in [1.54, 1.807) is 0 Å². The minimum Gasteiger partial charge on any atom is -0.481 e. The Morgan fingerprint density at radius 3 is 2.14 bits per heavy atom. The molecule has 152 valence electrons. The standard InChI is InChI=1S/C24H34N2O2/c1-3-5-6-7-8-9-11-22(24(27)28)16-19-12-14-21(15-13-19)23-25-17-20(10-4-2)18-26-23/h12-15,17-18,22H,3-11,16H2,1-2H3,(H,27,28). The van der Waals surface area contributed by atoms with Crippen LogP contribution in [0.2, 0.25) is 0 Å². The van der Waals surface area contributed by atoms with Crippen molar-refractivity contribution in [1.82, 2.24) is 9.97 Å². The Kier molecular flexibility index (Phi) is 9.67. The van der Waals surface area contributed by atoms with E-state index in [2.05, 4.69) is 23.8 Å². The van der Waals surface area contributed by atoms with Crippen molar-refractivity contribution in [2.24, 2.45) is 5.92 Å². The summed E-state index contributed by atoms with van der Waals surface area (Å²) in [4.78, 5) is 20.5. The van der Waals surface area contributed by atoms with E-state index in [1.165, 1.54) is 25.7 Å². The number of aromatic nitrogens is 2. The van der Waals surface area contributed by atoms with Crippen LogP contribution in [-0.2, 0) is 17.6 Å². The van der Waals surface area contributed by atoms with E-state index < -0.39 is 5.97 Å². The van der Waals surface area contributed by atoms with Crippen LogP contribution in [0.25, 0.3) is 11.4 Å². The molecule has 0 saturated heterocycles. The number of unbranched alkanes of at least 4 members (excludes halogenated alkanes) is 5. The van der Waals surface area contributed by atoms with Gasteiger partial charge in [0.05, 0.1) is 5.92 Å². The van der Waals surface area contributed by atoms with Gasteiger partial charge in [-0.05, 0) is 30.4 Å². The van der Waals surface area contributed by atoms with E-state index in [0.717, 1.165) is 48.8 Å². The molecule has 0 bridgehead atoms. The van der Waals surface area contributed by atoms with E-state index >= 15 is 0 Å². The molecule has 0 spiro atoms. The topological polar surface area (TPSA) is 63.1 Å². The first-order chi connectivity index (χ1) is 13.6. The van der Waals surface area contributed by atoms with E-state index in [1.807, 2.05) is 36.7 Å². The molecule has 0 aliphatic rings. The maximum atomic E-state index is 11.6. The molecule has 1 atom stereocenters. The largest absolute Gasteiger partial charge is 0.481 e. The molecule has 2 rings (SSSR count). The average Bonchev–Trinajstić information content (AvgIpc) is 2.71. The van der Waals surface area contributed by atoms with Crippen molar-refractivity contribution in [3.63, 3.8) is 0 Å². The number of benzene rings is 1. The second-order valence-electron chi connectivity index (χ2n) is 7.66. The first-order valence-electron chi connectivity index (χ1n) is 10.8. The Balaban J connectivity index is 1.88. The summed E-state index contributed by atoms with van der Waals surface area (Å²) in [6.07, 6.45) is 14.3. The zero-order valence-electron chi connectivity index (χ0n) is 17.4. The lowest BCUT2D eigenvalue weighted by Crippen LogP contribution is -2.16. The molecule has 28 heavy (non-hydrogen) atoms. The van der Waals surface area contributed by atoms with Crippen LogP contribution in [0, 0.1) is 5.92 Å². The van der Waals surface area contributed by atoms with Crippen LogP contribution in [0.15, 0.2) is 36.7 Å². The fraction of sp³-hybridized carbons (Fsp3) is 0.542. The Bertz CT molecular complexity index is 696. The number of carboxylic acid groups (broad SMARTS) is 1. The summed E-state index contributed by atoms with van der Waals surface area (Å²) in [6, 6.07) is 8.01. The average molecular weight is 383 g/mol. The van der Waals surface area contributed by atoms with Gasteiger partial charge in [-0.2, -0.15) is 0 Å². The third-order valence-corrected chi connectivity index (χ3v) is 5.19. The third kappa shape index (κ3) is 7.41. The van der Waals surface area contributed by atoms with Gasteiger partial charge in [0.1, 0.15) is 0 Å². The molecule has 0 radical (unpaired) electrons. The predicted molar refractivity (Wildman–Crippen MR) is 114 cm³/mol. The van der Waals surface area contributed by atoms with Crippen molar-refractivity contribution in [3.8, 4) is 11.4 Å². The molecular weight excluding hydrogens is 348 g/mol. The van der Waals surface area contributed by atoms with Gasteiger partial charge >= 0.3 is 5.97 Å². The molecule has 4 nitrogen and oxygen atoms in total. The molecule has 0 aliphatic heterocycles. The maximum absolute atomic E-state index is 11.6. The fourth-order valence-corrected chi connectivity index (χ4v) is 3.48. The molecule has 0 fully saturated rings. The van der Waals surface area contributed by atoms with Gasteiger partial charge in [-0.3, -0.25) is 4.79 Å². The lowest BCUT2D eigenvalue weighted by atomic mass is 9.93. The monoisotopic (exact) mass is 382 g/mol.